The summed E-state index contributed by atoms with van der Waals surface area (Å²) in [5.41, 5.74) is 1.29. The van der Waals surface area contributed by atoms with Crippen LogP contribution in [0.2, 0.25) is 0 Å². The summed E-state index contributed by atoms with van der Waals surface area (Å²) in [4.78, 5) is 21.7. The van der Waals surface area contributed by atoms with E-state index in [4.69, 9.17) is 0 Å². The second kappa shape index (κ2) is 3.96. The largest absolute Gasteiger partial charge is 0.310 e. The Hall–Kier alpha value is -0.680. The van der Waals surface area contributed by atoms with E-state index in [9.17, 15) is 4.79 Å². The van der Waals surface area contributed by atoms with Crippen molar-refractivity contribution in [1.82, 2.24) is 9.97 Å². The number of nitrogens with one attached hydrogen (secondary N) is 1. The summed E-state index contributed by atoms with van der Waals surface area (Å²) in [6, 6.07) is 0. The van der Waals surface area contributed by atoms with Gasteiger partial charge in [-0.05, 0) is 24.8 Å². The Labute approximate surface area is 105 Å². The smallest absolute Gasteiger partial charge is 0.259 e. The van der Waals surface area contributed by atoms with E-state index in [2.05, 4.69) is 25.9 Å². The normalized spacial score (nSPS) is 14.6. The maximum atomic E-state index is 12.0. The van der Waals surface area contributed by atoms with Gasteiger partial charge < -0.3 is 4.98 Å². The monoisotopic (exact) mass is 298 g/mol. The van der Waals surface area contributed by atoms with Crippen molar-refractivity contribution in [2.45, 2.75) is 25.7 Å². The quantitative estimate of drug-likeness (QED) is 0.866. The third-order valence-corrected chi connectivity index (χ3v) is 4.54. The average molecular weight is 299 g/mol. The Bertz CT molecular complexity index is 602. The number of hydrogen-bond donors (Lipinski definition) is 1. The molecule has 3 rings (SSSR count). The van der Waals surface area contributed by atoms with Gasteiger partial charge in [-0.25, -0.2) is 4.98 Å². The molecule has 0 saturated carbocycles. The number of thiophene rings is 1. The van der Waals surface area contributed by atoms with Gasteiger partial charge in [-0.1, -0.05) is 15.9 Å². The number of halogens is 1. The highest BCUT2D eigenvalue weighted by atomic mass is 79.9. The minimum atomic E-state index is 0.0420. The van der Waals surface area contributed by atoms with Gasteiger partial charge in [-0.2, -0.15) is 0 Å². The van der Waals surface area contributed by atoms with E-state index in [1.165, 1.54) is 16.9 Å². The van der Waals surface area contributed by atoms with E-state index in [0.717, 1.165) is 40.6 Å². The van der Waals surface area contributed by atoms with E-state index in [-0.39, 0.29) is 5.56 Å². The molecule has 0 aromatic carbocycles. The van der Waals surface area contributed by atoms with Crippen LogP contribution in [0.1, 0.15) is 22.7 Å². The van der Waals surface area contributed by atoms with Crippen LogP contribution in [0.4, 0.5) is 0 Å². The van der Waals surface area contributed by atoms with Crippen LogP contribution in [0.25, 0.3) is 10.2 Å². The van der Waals surface area contributed by atoms with Crippen molar-refractivity contribution in [3.8, 4) is 0 Å². The van der Waals surface area contributed by atoms with Crippen molar-refractivity contribution in [2.24, 2.45) is 0 Å². The Morgan fingerprint density at radius 2 is 2.31 bits per heavy atom. The molecule has 84 valence electrons. The number of fused-ring (bicyclic) bond motifs is 3. The van der Waals surface area contributed by atoms with Crippen LogP contribution in [0.3, 0.4) is 0 Å². The molecule has 5 heteroatoms. The molecule has 1 aliphatic rings. The molecule has 0 fully saturated rings. The average Bonchev–Trinajstić information content (AvgIpc) is 2.76. The Kier molecular flexibility index (Phi) is 2.59. The molecule has 2 aromatic heterocycles. The summed E-state index contributed by atoms with van der Waals surface area (Å²) in [6.07, 6.45) is 4.11. The Balaban J connectivity index is 2.26. The van der Waals surface area contributed by atoms with Gasteiger partial charge in [0.2, 0.25) is 0 Å². The number of alkyl halides is 1. The standard InChI is InChI=1S/C11H11BrN2OS/c12-5-4-8-13-10(15)9-6-2-1-3-7(6)16-11(9)14-8/h1-5H2,(H,13,14,15). The molecule has 0 spiro atoms. The topological polar surface area (TPSA) is 45.8 Å². The van der Waals surface area contributed by atoms with Crippen LogP contribution in [0, 0.1) is 0 Å². The number of nitrogens with zero attached hydrogens (tertiary/aromatic N) is 1. The van der Waals surface area contributed by atoms with E-state index in [1.807, 2.05) is 0 Å². The zero-order valence-corrected chi connectivity index (χ0v) is 11.1. The molecule has 2 heterocycles. The van der Waals surface area contributed by atoms with Crippen molar-refractivity contribution in [1.29, 1.82) is 0 Å². The zero-order chi connectivity index (χ0) is 11.1. The van der Waals surface area contributed by atoms with Gasteiger partial charge in [0.1, 0.15) is 10.7 Å². The van der Waals surface area contributed by atoms with Gasteiger partial charge >= 0.3 is 0 Å². The molecule has 2 aromatic rings. The highest BCUT2D eigenvalue weighted by molar-refractivity contribution is 9.09. The number of aromatic nitrogens is 2. The molecule has 0 saturated heterocycles. The predicted octanol–water partition coefficient (Wildman–Crippen LogP) is 2.41. The molecule has 0 aliphatic heterocycles. The van der Waals surface area contributed by atoms with Crippen molar-refractivity contribution < 1.29 is 0 Å². The zero-order valence-electron chi connectivity index (χ0n) is 8.68. The summed E-state index contributed by atoms with van der Waals surface area (Å²) in [5.74, 6) is 0.786. The molecule has 0 radical (unpaired) electrons. The van der Waals surface area contributed by atoms with Crippen LogP contribution >= 0.6 is 27.3 Å². The molecule has 16 heavy (non-hydrogen) atoms. The highest BCUT2D eigenvalue weighted by Gasteiger charge is 2.20. The number of H-pyrrole nitrogens is 1. The molecular formula is C11H11BrN2OS. The van der Waals surface area contributed by atoms with E-state index < -0.39 is 0 Å². The van der Waals surface area contributed by atoms with Gasteiger partial charge in [-0.3, -0.25) is 4.79 Å². The molecule has 0 amide bonds. The van der Waals surface area contributed by atoms with Crippen LogP contribution < -0.4 is 5.56 Å². The summed E-state index contributed by atoms with van der Waals surface area (Å²) < 4.78 is 0. The molecular weight excluding hydrogens is 288 g/mol. The number of aromatic amines is 1. The van der Waals surface area contributed by atoms with Gasteiger partial charge in [0.25, 0.3) is 5.56 Å². The number of hydrogen-bond acceptors (Lipinski definition) is 3. The Morgan fingerprint density at radius 1 is 1.44 bits per heavy atom. The van der Waals surface area contributed by atoms with E-state index >= 15 is 0 Å². The third-order valence-electron chi connectivity index (χ3n) is 2.96. The lowest BCUT2D eigenvalue weighted by Gasteiger charge is -1.98. The van der Waals surface area contributed by atoms with Crippen LogP contribution in [-0.4, -0.2) is 15.3 Å². The first kappa shape index (κ1) is 10.5. The highest BCUT2D eigenvalue weighted by Crippen LogP contribution is 2.34. The fraction of sp³-hybridized carbons (Fsp3) is 0.455. The first-order valence-corrected chi connectivity index (χ1v) is 7.33. The summed E-state index contributed by atoms with van der Waals surface area (Å²) in [6.45, 7) is 0. The third kappa shape index (κ3) is 1.53. The first-order valence-electron chi connectivity index (χ1n) is 5.39. The predicted molar refractivity (Wildman–Crippen MR) is 69.8 cm³/mol. The molecule has 0 atom stereocenters. The van der Waals surface area contributed by atoms with Crippen molar-refractivity contribution in [3.63, 3.8) is 0 Å². The molecule has 1 N–H and O–H groups in total. The molecule has 0 unspecified atom stereocenters. The SMILES string of the molecule is O=c1[nH]c(CCBr)nc2sc3c(c12)CCC3. The van der Waals surface area contributed by atoms with Gasteiger partial charge in [-0.15, -0.1) is 11.3 Å². The van der Waals surface area contributed by atoms with Gasteiger partial charge in [0, 0.05) is 16.6 Å². The van der Waals surface area contributed by atoms with E-state index in [1.54, 1.807) is 11.3 Å². The lowest BCUT2D eigenvalue weighted by Crippen LogP contribution is -2.12. The maximum Gasteiger partial charge on any atom is 0.259 e. The lowest BCUT2D eigenvalue weighted by atomic mass is 10.2. The second-order valence-electron chi connectivity index (χ2n) is 3.99. The van der Waals surface area contributed by atoms with Crippen LogP contribution in [-0.2, 0) is 19.3 Å². The molecule has 3 nitrogen and oxygen atoms in total. The minimum Gasteiger partial charge on any atom is -0.310 e. The Morgan fingerprint density at radius 3 is 3.12 bits per heavy atom. The minimum absolute atomic E-state index is 0.0420. The van der Waals surface area contributed by atoms with Crippen molar-refractivity contribution in [2.75, 3.05) is 5.33 Å². The van der Waals surface area contributed by atoms with Crippen LogP contribution in [0.5, 0.6) is 0 Å². The van der Waals surface area contributed by atoms with Gasteiger partial charge in [0.05, 0.1) is 5.39 Å². The second-order valence-corrected chi connectivity index (χ2v) is 5.87. The van der Waals surface area contributed by atoms with Gasteiger partial charge in [0.15, 0.2) is 0 Å². The van der Waals surface area contributed by atoms with Crippen molar-refractivity contribution >= 4 is 37.5 Å². The summed E-state index contributed by atoms with van der Waals surface area (Å²) in [7, 11) is 0. The van der Waals surface area contributed by atoms with Crippen LogP contribution in [0.15, 0.2) is 4.79 Å². The van der Waals surface area contributed by atoms with Crippen molar-refractivity contribution in [3.05, 3.63) is 26.6 Å². The fourth-order valence-electron chi connectivity index (χ4n) is 2.25. The summed E-state index contributed by atoms with van der Waals surface area (Å²) in [5, 5.41) is 1.67. The lowest BCUT2D eigenvalue weighted by molar-refractivity contribution is 0.914. The molecule has 1 aliphatic carbocycles. The first-order chi connectivity index (χ1) is 7.79. The van der Waals surface area contributed by atoms with E-state index in [0.29, 0.717) is 0 Å². The maximum absolute atomic E-state index is 12.0. The fourth-order valence-corrected chi connectivity index (χ4v) is 3.91. The number of rotatable bonds is 2. The summed E-state index contributed by atoms with van der Waals surface area (Å²) >= 11 is 5.05. The number of aryl methyl sites for hydroxylation is 3. The molecule has 0 bridgehead atoms.